The average Bonchev–Trinajstić information content (AvgIpc) is 2.92. The summed E-state index contributed by atoms with van der Waals surface area (Å²) in [7, 11) is 1.49. The topological polar surface area (TPSA) is 103 Å². The number of nitrogens with zero attached hydrogens (tertiary/aromatic N) is 3. The van der Waals surface area contributed by atoms with Gasteiger partial charge in [0.15, 0.2) is 5.69 Å². The van der Waals surface area contributed by atoms with Gasteiger partial charge < -0.3 is 11.1 Å². The van der Waals surface area contributed by atoms with Crippen LogP contribution in [0.2, 0.25) is 0 Å². The van der Waals surface area contributed by atoms with E-state index in [9.17, 15) is 9.59 Å². The van der Waals surface area contributed by atoms with Crippen molar-refractivity contribution in [3.8, 4) is 0 Å². The highest BCUT2D eigenvalue weighted by molar-refractivity contribution is 5.97. The van der Waals surface area contributed by atoms with Crippen LogP contribution in [0, 0.1) is 0 Å². The predicted molar refractivity (Wildman–Crippen MR) is 72.2 cm³/mol. The van der Waals surface area contributed by atoms with E-state index < -0.39 is 5.91 Å². The molecular formula is C13H15N5O2. The van der Waals surface area contributed by atoms with E-state index >= 15 is 0 Å². The molecule has 0 unspecified atom stereocenters. The van der Waals surface area contributed by atoms with Gasteiger partial charge in [-0.1, -0.05) is 6.07 Å². The van der Waals surface area contributed by atoms with E-state index in [0.717, 1.165) is 5.69 Å². The summed E-state index contributed by atoms with van der Waals surface area (Å²) in [6, 6.07) is 6.52. The molecule has 104 valence electrons. The third-order valence-electron chi connectivity index (χ3n) is 2.93. The van der Waals surface area contributed by atoms with E-state index in [-0.39, 0.29) is 23.3 Å². The van der Waals surface area contributed by atoms with Crippen molar-refractivity contribution in [3.05, 3.63) is 47.5 Å². The zero-order valence-electron chi connectivity index (χ0n) is 11.2. The number of pyridine rings is 1. The van der Waals surface area contributed by atoms with Crippen molar-refractivity contribution in [2.24, 2.45) is 5.73 Å². The Balaban J connectivity index is 2.47. The molecule has 0 spiro atoms. The number of nitrogens with one attached hydrogen (secondary N) is 1. The molecule has 7 heteroatoms. The van der Waals surface area contributed by atoms with Crippen LogP contribution in [0.25, 0.3) is 0 Å². The van der Waals surface area contributed by atoms with E-state index in [1.165, 1.54) is 17.8 Å². The van der Waals surface area contributed by atoms with Gasteiger partial charge in [0.05, 0.1) is 11.7 Å². The molecule has 7 nitrogen and oxygen atoms in total. The molecule has 3 N–H and O–H groups in total. The van der Waals surface area contributed by atoms with E-state index in [0.29, 0.717) is 0 Å². The number of carbonyl (C=O) groups is 2. The van der Waals surface area contributed by atoms with Gasteiger partial charge in [0, 0.05) is 19.3 Å². The molecule has 0 fully saturated rings. The van der Waals surface area contributed by atoms with E-state index in [1.807, 2.05) is 19.1 Å². The lowest BCUT2D eigenvalue weighted by molar-refractivity contribution is 0.0955. The first-order chi connectivity index (χ1) is 9.54. The van der Waals surface area contributed by atoms with Gasteiger partial charge >= 0.3 is 0 Å². The lowest BCUT2D eigenvalue weighted by Gasteiger charge is -2.13. The van der Waals surface area contributed by atoms with Gasteiger partial charge in [-0.3, -0.25) is 19.3 Å². The van der Waals surface area contributed by atoms with Crippen LogP contribution in [-0.4, -0.2) is 33.6 Å². The number of primary amides is 1. The number of amides is 2. The van der Waals surface area contributed by atoms with Crippen LogP contribution in [0.3, 0.4) is 0 Å². The van der Waals surface area contributed by atoms with Gasteiger partial charge in [-0.25, -0.2) is 0 Å². The van der Waals surface area contributed by atoms with Crippen molar-refractivity contribution in [3.63, 3.8) is 0 Å². The lowest BCUT2D eigenvalue weighted by Crippen LogP contribution is -2.21. The van der Waals surface area contributed by atoms with E-state index in [4.69, 9.17) is 5.73 Å². The van der Waals surface area contributed by atoms with Crippen LogP contribution in [0.5, 0.6) is 0 Å². The molecule has 0 radical (unpaired) electrons. The van der Waals surface area contributed by atoms with Crippen molar-refractivity contribution in [1.82, 2.24) is 20.1 Å². The van der Waals surface area contributed by atoms with Gasteiger partial charge in [-0.05, 0) is 19.1 Å². The molecule has 2 rings (SSSR count). The average molecular weight is 273 g/mol. The van der Waals surface area contributed by atoms with Crippen LogP contribution < -0.4 is 11.1 Å². The van der Waals surface area contributed by atoms with Crippen LogP contribution >= 0.6 is 0 Å². The van der Waals surface area contributed by atoms with Crippen LogP contribution in [0.4, 0.5) is 0 Å². The van der Waals surface area contributed by atoms with Crippen molar-refractivity contribution in [2.75, 3.05) is 7.05 Å². The first-order valence-corrected chi connectivity index (χ1v) is 6.07. The molecule has 0 aliphatic heterocycles. The summed E-state index contributed by atoms with van der Waals surface area (Å²) in [6.07, 6.45) is 1.65. The van der Waals surface area contributed by atoms with Crippen molar-refractivity contribution in [2.45, 2.75) is 13.0 Å². The minimum absolute atomic E-state index is 0.143. The van der Waals surface area contributed by atoms with Gasteiger partial charge in [0.1, 0.15) is 5.69 Å². The molecule has 0 bridgehead atoms. The molecule has 0 saturated heterocycles. The van der Waals surface area contributed by atoms with Crippen molar-refractivity contribution >= 4 is 11.8 Å². The summed E-state index contributed by atoms with van der Waals surface area (Å²) >= 11 is 0. The highest BCUT2D eigenvalue weighted by Crippen LogP contribution is 2.18. The summed E-state index contributed by atoms with van der Waals surface area (Å²) in [6.45, 7) is 1.83. The second-order valence-corrected chi connectivity index (χ2v) is 4.23. The Morgan fingerprint density at radius 3 is 2.70 bits per heavy atom. The molecular weight excluding hydrogens is 258 g/mol. The Bertz CT molecular complexity index is 635. The zero-order chi connectivity index (χ0) is 14.7. The summed E-state index contributed by atoms with van der Waals surface area (Å²) < 4.78 is 1.41. The number of rotatable bonds is 4. The number of nitrogens with two attached hydrogens (primary N) is 1. The third-order valence-corrected chi connectivity index (χ3v) is 2.93. The van der Waals surface area contributed by atoms with Crippen molar-refractivity contribution in [1.29, 1.82) is 0 Å². The second kappa shape index (κ2) is 5.52. The quantitative estimate of drug-likeness (QED) is 0.838. The van der Waals surface area contributed by atoms with E-state index in [2.05, 4.69) is 15.4 Å². The maximum Gasteiger partial charge on any atom is 0.271 e. The minimum atomic E-state index is -0.643. The molecule has 2 heterocycles. The highest BCUT2D eigenvalue weighted by atomic mass is 16.2. The highest BCUT2D eigenvalue weighted by Gasteiger charge is 2.21. The fraction of sp³-hybridized carbons (Fsp3) is 0.231. The predicted octanol–water partition coefficient (Wildman–Crippen LogP) is 0.346. The molecule has 0 aromatic carbocycles. The number of aromatic nitrogens is 3. The van der Waals surface area contributed by atoms with Gasteiger partial charge in [0.25, 0.3) is 11.8 Å². The lowest BCUT2D eigenvalue weighted by atomic mass is 10.2. The maximum atomic E-state index is 11.6. The molecule has 0 saturated carbocycles. The zero-order valence-corrected chi connectivity index (χ0v) is 11.2. The Morgan fingerprint density at radius 2 is 2.15 bits per heavy atom. The molecule has 20 heavy (non-hydrogen) atoms. The number of hydrogen-bond donors (Lipinski definition) is 2. The smallest absolute Gasteiger partial charge is 0.271 e. The molecule has 2 aromatic rings. The number of carbonyl (C=O) groups excluding carboxylic acids is 2. The first kappa shape index (κ1) is 13.7. The molecule has 2 aromatic heterocycles. The molecule has 2 amide bonds. The third kappa shape index (κ3) is 2.51. The van der Waals surface area contributed by atoms with Gasteiger partial charge in [-0.2, -0.15) is 5.10 Å². The summed E-state index contributed by atoms with van der Waals surface area (Å²) in [5, 5.41) is 6.60. The Morgan fingerprint density at radius 1 is 1.40 bits per heavy atom. The minimum Gasteiger partial charge on any atom is -0.364 e. The maximum absolute atomic E-state index is 11.6. The normalized spacial score (nSPS) is 11.9. The number of hydrogen-bond acceptors (Lipinski definition) is 4. The Hall–Kier alpha value is -2.70. The summed E-state index contributed by atoms with van der Waals surface area (Å²) in [5.74, 6) is -1.02. The van der Waals surface area contributed by atoms with Gasteiger partial charge in [0.2, 0.25) is 0 Å². The first-order valence-electron chi connectivity index (χ1n) is 6.07. The second-order valence-electron chi connectivity index (χ2n) is 4.23. The molecule has 0 aliphatic rings. The fourth-order valence-corrected chi connectivity index (χ4v) is 1.86. The van der Waals surface area contributed by atoms with Crippen LogP contribution in [0.1, 0.15) is 39.6 Å². The Kier molecular flexibility index (Phi) is 3.79. The Labute approximate surface area is 115 Å². The molecule has 0 aliphatic carbocycles. The standard InChI is InChI=1S/C13H15N5O2/c1-8(9-5-3-4-6-16-9)18-11(12(14)19)7-10(17-18)13(20)15-2/h3-8H,1-2H3,(H2,14,19)(H,15,20)/t8-/m0/s1. The summed E-state index contributed by atoms with van der Waals surface area (Å²) in [4.78, 5) is 27.3. The largest absolute Gasteiger partial charge is 0.364 e. The summed E-state index contributed by atoms with van der Waals surface area (Å²) in [5.41, 5.74) is 6.37. The van der Waals surface area contributed by atoms with Gasteiger partial charge in [-0.15, -0.1) is 0 Å². The van der Waals surface area contributed by atoms with Crippen LogP contribution in [-0.2, 0) is 0 Å². The monoisotopic (exact) mass is 273 g/mol. The van der Waals surface area contributed by atoms with Crippen LogP contribution in [0.15, 0.2) is 30.5 Å². The fourth-order valence-electron chi connectivity index (χ4n) is 1.86. The van der Waals surface area contributed by atoms with E-state index in [1.54, 1.807) is 12.3 Å². The SMILES string of the molecule is CNC(=O)c1cc(C(N)=O)n([C@@H](C)c2ccccn2)n1. The molecule has 1 atom stereocenters. The van der Waals surface area contributed by atoms with Crippen molar-refractivity contribution < 1.29 is 9.59 Å².